The van der Waals surface area contributed by atoms with Gasteiger partial charge in [-0.3, -0.25) is 4.90 Å². The molecule has 3 nitrogen and oxygen atoms in total. The quantitative estimate of drug-likeness (QED) is 0.538. The van der Waals surface area contributed by atoms with Gasteiger partial charge in [-0.2, -0.15) is 0 Å². The largest absolute Gasteiger partial charge is 0.392 e. The first kappa shape index (κ1) is 8.71. The zero-order valence-corrected chi connectivity index (χ0v) is 6.79. The molecule has 3 heteroatoms. The van der Waals surface area contributed by atoms with Gasteiger partial charge < -0.3 is 10.4 Å². The normalized spacial score (nSPS) is 21.2. The predicted molar refractivity (Wildman–Crippen MR) is 45.5 cm³/mol. The van der Waals surface area contributed by atoms with Crippen LogP contribution in [0.1, 0.15) is 0 Å². The van der Waals surface area contributed by atoms with Gasteiger partial charge in [-0.1, -0.05) is 12.2 Å². The zero-order valence-electron chi connectivity index (χ0n) is 6.79. The molecule has 0 radical (unpaired) electrons. The van der Waals surface area contributed by atoms with Gasteiger partial charge in [-0.05, 0) is 0 Å². The molecule has 1 heterocycles. The summed E-state index contributed by atoms with van der Waals surface area (Å²) in [6, 6.07) is 0. The van der Waals surface area contributed by atoms with Gasteiger partial charge in [-0.15, -0.1) is 0 Å². The van der Waals surface area contributed by atoms with Crippen LogP contribution in [0, 0.1) is 0 Å². The molecule has 0 saturated carbocycles. The van der Waals surface area contributed by atoms with Gasteiger partial charge in [0.05, 0.1) is 6.61 Å². The van der Waals surface area contributed by atoms with Crippen molar-refractivity contribution in [3.05, 3.63) is 12.2 Å². The highest BCUT2D eigenvalue weighted by atomic mass is 16.2. The van der Waals surface area contributed by atoms with E-state index in [1.807, 2.05) is 6.08 Å². The summed E-state index contributed by atoms with van der Waals surface area (Å²) in [6.45, 7) is 5.56. The molecule has 0 bridgehead atoms. The Morgan fingerprint density at radius 1 is 1.27 bits per heavy atom. The summed E-state index contributed by atoms with van der Waals surface area (Å²) >= 11 is 0. The lowest BCUT2D eigenvalue weighted by atomic mass is 10.3. The molecule has 1 rings (SSSR count). The van der Waals surface area contributed by atoms with Gasteiger partial charge in [0.2, 0.25) is 0 Å². The van der Waals surface area contributed by atoms with E-state index in [-0.39, 0.29) is 6.61 Å². The monoisotopic (exact) mass is 156 g/mol. The number of rotatable bonds is 3. The van der Waals surface area contributed by atoms with E-state index in [1.54, 1.807) is 6.08 Å². The maximum Gasteiger partial charge on any atom is 0.0612 e. The van der Waals surface area contributed by atoms with Crippen LogP contribution in [-0.4, -0.2) is 49.3 Å². The summed E-state index contributed by atoms with van der Waals surface area (Å²) in [5.74, 6) is 0. The van der Waals surface area contributed by atoms with Gasteiger partial charge in [-0.25, -0.2) is 0 Å². The Bertz CT molecular complexity index is 119. The van der Waals surface area contributed by atoms with E-state index in [0.717, 1.165) is 32.7 Å². The molecule has 64 valence electrons. The van der Waals surface area contributed by atoms with Crippen molar-refractivity contribution >= 4 is 0 Å². The van der Waals surface area contributed by atoms with Crippen LogP contribution in [0.25, 0.3) is 0 Å². The van der Waals surface area contributed by atoms with Gasteiger partial charge in [0.15, 0.2) is 0 Å². The Labute approximate surface area is 67.7 Å². The number of nitrogens with one attached hydrogen (secondary N) is 1. The number of hydrogen-bond acceptors (Lipinski definition) is 3. The van der Waals surface area contributed by atoms with E-state index in [4.69, 9.17) is 5.11 Å². The molecule has 0 aromatic rings. The van der Waals surface area contributed by atoms with Crippen molar-refractivity contribution in [2.45, 2.75) is 0 Å². The van der Waals surface area contributed by atoms with Crippen LogP contribution in [-0.2, 0) is 0 Å². The fourth-order valence-corrected chi connectivity index (χ4v) is 1.19. The van der Waals surface area contributed by atoms with Crippen molar-refractivity contribution in [2.75, 3.05) is 39.3 Å². The first-order valence-electron chi connectivity index (χ1n) is 4.12. The molecule has 11 heavy (non-hydrogen) atoms. The maximum atomic E-state index is 8.48. The number of aliphatic hydroxyl groups excluding tert-OH is 1. The van der Waals surface area contributed by atoms with Crippen molar-refractivity contribution in [3.63, 3.8) is 0 Å². The van der Waals surface area contributed by atoms with Crippen molar-refractivity contribution in [2.24, 2.45) is 0 Å². The third kappa shape index (κ3) is 3.51. The van der Waals surface area contributed by atoms with Crippen molar-refractivity contribution in [1.82, 2.24) is 10.2 Å². The van der Waals surface area contributed by atoms with Crippen molar-refractivity contribution in [3.8, 4) is 0 Å². The summed E-state index contributed by atoms with van der Waals surface area (Å²) < 4.78 is 0. The van der Waals surface area contributed by atoms with E-state index < -0.39 is 0 Å². The number of hydrogen-bond donors (Lipinski definition) is 2. The van der Waals surface area contributed by atoms with Crippen LogP contribution < -0.4 is 5.32 Å². The minimum absolute atomic E-state index is 0.159. The third-order valence-corrected chi connectivity index (χ3v) is 1.85. The lowest BCUT2D eigenvalue weighted by molar-refractivity contribution is 0.264. The Kier molecular flexibility index (Phi) is 4.19. The van der Waals surface area contributed by atoms with Crippen LogP contribution in [0.3, 0.4) is 0 Å². The molecule has 0 aromatic carbocycles. The molecule has 0 amide bonds. The summed E-state index contributed by atoms with van der Waals surface area (Å²) in [6.07, 6.45) is 3.81. The van der Waals surface area contributed by atoms with E-state index in [2.05, 4.69) is 10.2 Å². The fraction of sp³-hybridized carbons (Fsp3) is 0.750. The Morgan fingerprint density at radius 2 is 2.00 bits per heavy atom. The van der Waals surface area contributed by atoms with Crippen molar-refractivity contribution < 1.29 is 5.11 Å². The molecular weight excluding hydrogens is 140 g/mol. The van der Waals surface area contributed by atoms with Gasteiger partial charge in [0.25, 0.3) is 0 Å². The first-order chi connectivity index (χ1) is 5.43. The number of nitrogens with zero attached hydrogens (tertiary/aromatic N) is 1. The molecule has 0 atom stereocenters. The second-order valence-electron chi connectivity index (χ2n) is 2.70. The van der Waals surface area contributed by atoms with Crippen LogP contribution >= 0.6 is 0 Å². The SMILES string of the molecule is OC/C=C/CN1CCNCC1. The topological polar surface area (TPSA) is 35.5 Å². The molecule has 0 aliphatic carbocycles. The minimum atomic E-state index is 0.159. The average Bonchev–Trinajstić information content (AvgIpc) is 2.07. The molecule has 1 aliphatic rings. The van der Waals surface area contributed by atoms with E-state index in [0.29, 0.717) is 0 Å². The van der Waals surface area contributed by atoms with E-state index in [9.17, 15) is 0 Å². The van der Waals surface area contributed by atoms with Crippen molar-refractivity contribution in [1.29, 1.82) is 0 Å². The fourth-order valence-electron chi connectivity index (χ4n) is 1.19. The molecule has 0 aromatic heterocycles. The molecule has 0 spiro atoms. The average molecular weight is 156 g/mol. The Morgan fingerprint density at radius 3 is 2.64 bits per heavy atom. The summed E-state index contributed by atoms with van der Waals surface area (Å²) in [4.78, 5) is 2.36. The predicted octanol–water partition coefficient (Wildman–Crippen LogP) is -0.560. The van der Waals surface area contributed by atoms with E-state index >= 15 is 0 Å². The van der Waals surface area contributed by atoms with Gasteiger partial charge >= 0.3 is 0 Å². The summed E-state index contributed by atoms with van der Waals surface area (Å²) in [5.41, 5.74) is 0. The second-order valence-corrected chi connectivity index (χ2v) is 2.70. The highest BCUT2D eigenvalue weighted by Crippen LogP contribution is 1.91. The Balaban J connectivity index is 2.09. The Hall–Kier alpha value is -0.380. The standard InChI is InChI=1S/C8H16N2O/c11-8-2-1-5-10-6-3-9-4-7-10/h1-2,9,11H,3-8H2/b2-1+. The third-order valence-electron chi connectivity index (χ3n) is 1.85. The first-order valence-corrected chi connectivity index (χ1v) is 4.12. The van der Waals surface area contributed by atoms with E-state index in [1.165, 1.54) is 0 Å². The molecule has 2 N–H and O–H groups in total. The zero-order chi connectivity index (χ0) is 7.94. The molecule has 0 unspecified atom stereocenters. The molecule has 1 fully saturated rings. The van der Waals surface area contributed by atoms with Crippen LogP contribution in [0.5, 0.6) is 0 Å². The van der Waals surface area contributed by atoms with Crippen LogP contribution in [0.4, 0.5) is 0 Å². The van der Waals surface area contributed by atoms with Gasteiger partial charge in [0.1, 0.15) is 0 Å². The molecule has 1 aliphatic heterocycles. The van der Waals surface area contributed by atoms with Crippen LogP contribution in [0.15, 0.2) is 12.2 Å². The molecule has 1 saturated heterocycles. The summed E-state index contributed by atoms with van der Waals surface area (Å²) in [7, 11) is 0. The smallest absolute Gasteiger partial charge is 0.0612 e. The number of aliphatic hydroxyl groups is 1. The number of piperazine rings is 1. The second kappa shape index (κ2) is 5.29. The minimum Gasteiger partial charge on any atom is -0.392 e. The highest BCUT2D eigenvalue weighted by Gasteiger charge is 2.05. The maximum absolute atomic E-state index is 8.48. The summed E-state index contributed by atoms with van der Waals surface area (Å²) in [5, 5.41) is 11.8. The van der Waals surface area contributed by atoms with Crippen LogP contribution in [0.2, 0.25) is 0 Å². The molecular formula is C8H16N2O. The highest BCUT2D eigenvalue weighted by molar-refractivity contribution is 4.85. The lowest BCUT2D eigenvalue weighted by Gasteiger charge is -2.25. The van der Waals surface area contributed by atoms with Gasteiger partial charge in [0, 0.05) is 32.7 Å². The lowest BCUT2D eigenvalue weighted by Crippen LogP contribution is -2.43.